The highest BCUT2D eigenvalue weighted by atomic mass is 32.1. The number of nitrogens with one attached hydrogen (secondary N) is 1. The monoisotopic (exact) mass is 326 g/mol. The second-order valence-corrected chi connectivity index (χ2v) is 6.74. The number of carbonyl (C=O) groups excluding carboxylic acids is 1. The minimum absolute atomic E-state index is 0.0601. The molecule has 1 N–H and O–H groups in total. The fourth-order valence-corrected chi connectivity index (χ4v) is 3.46. The number of nitrogens with zero attached hydrogens (tertiary/aromatic N) is 3. The van der Waals surface area contributed by atoms with Crippen LogP contribution in [0.4, 0.5) is 5.69 Å². The van der Waals surface area contributed by atoms with Gasteiger partial charge in [-0.15, -0.1) is 5.10 Å². The van der Waals surface area contributed by atoms with Crippen LogP contribution in [-0.2, 0) is 6.54 Å². The van der Waals surface area contributed by atoms with Gasteiger partial charge in [0.1, 0.15) is 4.88 Å². The standard InChI is InChI=1S/C17H18N4OS/c22-17(16-15(13-6-7-13)19-20-23-16)18-11-12-4-3-5-14(10-12)21-8-1-2-9-21/h1-5,10,13H,6-9,11H2,(H,18,22). The zero-order valence-electron chi connectivity index (χ0n) is 12.7. The van der Waals surface area contributed by atoms with Crippen molar-refractivity contribution >= 4 is 23.1 Å². The molecule has 0 saturated heterocycles. The van der Waals surface area contributed by atoms with Crippen LogP contribution in [0, 0.1) is 0 Å². The first-order chi connectivity index (χ1) is 11.3. The largest absolute Gasteiger partial charge is 0.364 e. The highest BCUT2D eigenvalue weighted by Crippen LogP contribution is 2.41. The van der Waals surface area contributed by atoms with Crippen LogP contribution in [-0.4, -0.2) is 28.6 Å². The number of carbonyl (C=O) groups is 1. The smallest absolute Gasteiger partial charge is 0.265 e. The maximum Gasteiger partial charge on any atom is 0.265 e. The molecular weight excluding hydrogens is 308 g/mol. The van der Waals surface area contributed by atoms with E-state index in [1.807, 2.05) is 12.1 Å². The van der Waals surface area contributed by atoms with Crippen LogP contribution in [0.25, 0.3) is 0 Å². The van der Waals surface area contributed by atoms with Gasteiger partial charge >= 0.3 is 0 Å². The minimum Gasteiger partial charge on any atom is -0.364 e. The van der Waals surface area contributed by atoms with Crippen molar-refractivity contribution in [3.05, 3.63) is 52.6 Å². The Balaban J connectivity index is 1.41. The number of anilines is 1. The molecule has 1 aromatic carbocycles. The molecule has 1 aliphatic carbocycles. The Morgan fingerprint density at radius 2 is 2.13 bits per heavy atom. The van der Waals surface area contributed by atoms with E-state index in [4.69, 9.17) is 0 Å². The number of rotatable bonds is 5. The van der Waals surface area contributed by atoms with Crippen molar-refractivity contribution < 1.29 is 4.79 Å². The van der Waals surface area contributed by atoms with E-state index in [1.54, 1.807) is 0 Å². The second-order valence-electron chi connectivity index (χ2n) is 5.99. The fraction of sp³-hybridized carbons (Fsp3) is 0.353. The first-order valence-corrected chi connectivity index (χ1v) is 8.68. The van der Waals surface area contributed by atoms with Crippen molar-refractivity contribution in [2.75, 3.05) is 18.0 Å². The van der Waals surface area contributed by atoms with E-state index in [0.29, 0.717) is 17.3 Å². The van der Waals surface area contributed by atoms with Crippen LogP contribution in [0.5, 0.6) is 0 Å². The van der Waals surface area contributed by atoms with Crippen LogP contribution >= 0.6 is 11.5 Å². The van der Waals surface area contributed by atoms with Crippen LogP contribution < -0.4 is 10.2 Å². The average Bonchev–Trinajstić information content (AvgIpc) is 3.09. The average molecular weight is 326 g/mol. The fourth-order valence-electron chi connectivity index (χ4n) is 2.79. The van der Waals surface area contributed by atoms with Crippen molar-refractivity contribution in [3.63, 3.8) is 0 Å². The molecule has 0 radical (unpaired) electrons. The Bertz CT molecular complexity index is 743. The topological polar surface area (TPSA) is 58.1 Å². The molecule has 4 rings (SSSR count). The molecular formula is C17H18N4OS. The van der Waals surface area contributed by atoms with Gasteiger partial charge in [0, 0.05) is 31.2 Å². The van der Waals surface area contributed by atoms with E-state index in [0.717, 1.165) is 37.2 Å². The summed E-state index contributed by atoms with van der Waals surface area (Å²) >= 11 is 1.20. The highest BCUT2D eigenvalue weighted by molar-refractivity contribution is 7.08. The molecule has 118 valence electrons. The predicted molar refractivity (Wildman–Crippen MR) is 90.8 cm³/mol. The Labute approximate surface area is 139 Å². The van der Waals surface area contributed by atoms with E-state index < -0.39 is 0 Å². The normalized spacial score (nSPS) is 16.8. The molecule has 0 unspecified atom stereocenters. The summed E-state index contributed by atoms with van der Waals surface area (Å²) in [6.07, 6.45) is 6.59. The summed E-state index contributed by atoms with van der Waals surface area (Å²) in [6.45, 7) is 2.43. The second kappa shape index (κ2) is 6.12. The maximum absolute atomic E-state index is 12.4. The van der Waals surface area contributed by atoms with Crippen molar-refractivity contribution in [1.29, 1.82) is 0 Å². The van der Waals surface area contributed by atoms with Gasteiger partial charge < -0.3 is 10.2 Å². The molecule has 2 heterocycles. The lowest BCUT2D eigenvalue weighted by molar-refractivity contribution is 0.0954. The van der Waals surface area contributed by atoms with Gasteiger partial charge in [-0.25, -0.2) is 0 Å². The van der Waals surface area contributed by atoms with Gasteiger partial charge in [-0.1, -0.05) is 28.8 Å². The SMILES string of the molecule is O=C(NCc1cccc(N2CC=CC2)c1)c1snnc1C1CC1. The van der Waals surface area contributed by atoms with Crippen molar-refractivity contribution in [1.82, 2.24) is 14.9 Å². The third kappa shape index (κ3) is 3.12. The molecule has 0 spiro atoms. The van der Waals surface area contributed by atoms with Crippen molar-refractivity contribution in [2.45, 2.75) is 25.3 Å². The Morgan fingerprint density at radius 3 is 2.91 bits per heavy atom. The summed E-state index contributed by atoms with van der Waals surface area (Å²) in [5, 5.41) is 7.11. The minimum atomic E-state index is -0.0601. The zero-order chi connectivity index (χ0) is 15.6. The lowest BCUT2D eigenvalue weighted by atomic mass is 10.2. The van der Waals surface area contributed by atoms with E-state index in [1.165, 1.54) is 17.2 Å². The van der Waals surface area contributed by atoms with Gasteiger partial charge in [-0.2, -0.15) is 0 Å². The number of hydrogen-bond acceptors (Lipinski definition) is 5. The molecule has 6 heteroatoms. The summed E-state index contributed by atoms with van der Waals surface area (Å²) in [5.41, 5.74) is 3.18. The Hall–Kier alpha value is -2.21. The van der Waals surface area contributed by atoms with Crippen molar-refractivity contribution in [2.24, 2.45) is 0 Å². The predicted octanol–water partition coefficient (Wildman–Crippen LogP) is 2.72. The van der Waals surface area contributed by atoms with E-state index in [-0.39, 0.29) is 5.91 Å². The summed E-state index contributed by atoms with van der Waals surface area (Å²) in [7, 11) is 0. The molecule has 1 saturated carbocycles. The number of hydrogen-bond donors (Lipinski definition) is 1. The third-order valence-electron chi connectivity index (χ3n) is 4.23. The lowest BCUT2D eigenvalue weighted by Crippen LogP contribution is -2.23. The van der Waals surface area contributed by atoms with E-state index >= 15 is 0 Å². The molecule has 0 bridgehead atoms. The van der Waals surface area contributed by atoms with Crippen LogP contribution in [0.2, 0.25) is 0 Å². The van der Waals surface area contributed by atoms with Gasteiger partial charge in [0.05, 0.1) is 5.69 Å². The van der Waals surface area contributed by atoms with Gasteiger partial charge in [0.15, 0.2) is 0 Å². The van der Waals surface area contributed by atoms with Gasteiger partial charge in [-0.05, 0) is 42.1 Å². The van der Waals surface area contributed by atoms with Gasteiger partial charge in [0.25, 0.3) is 5.91 Å². The Morgan fingerprint density at radius 1 is 1.30 bits per heavy atom. The van der Waals surface area contributed by atoms with Crippen LogP contribution in [0.15, 0.2) is 36.4 Å². The molecule has 1 aromatic heterocycles. The van der Waals surface area contributed by atoms with Gasteiger partial charge in [0.2, 0.25) is 0 Å². The van der Waals surface area contributed by atoms with E-state index in [2.05, 4.69) is 44.1 Å². The molecule has 23 heavy (non-hydrogen) atoms. The summed E-state index contributed by atoms with van der Waals surface area (Å²) in [6, 6.07) is 8.33. The molecule has 1 aliphatic heterocycles. The first kappa shape index (κ1) is 14.4. The highest BCUT2D eigenvalue weighted by Gasteiger charge is 2.31. The molecule has 5 nitrogen and oxygen atoms in total. The van der Waals surface area contributed by atoms with Crippen molar-refractivity contribution in [3.8, 4) is 0 Å². The maximum atomic E-state index is 12.4. The molecule has 1 fully saturated rings. The molecule has 0 atom stereocenters. The molecule has 1 amide bonds. The number of benzene rings is 1. The van der Waals surface area contributed by atoms with Gasteiger partial charge in [-0.3, -0.25) is 4.79 Å². The number of amides is 1. The Kier molecular flexibility index (Phi) is 3.83. The van der Waals surface area contributed by atoms with E-state index in [9.17, 15) is 4.79 Å². The third-order valence-corrected chi connectivity index (χ3v) is 4.97. The zero-order valence-corrected chi connectivity index (χ0v) is 13.6. The van der Waals surface area contributed by atoms with Crippen LogP contribution in [0.3, 0.4) is 0 Å². The molecule has 2 aliphatic rings. The summed E-state index contributed by atoms with van der Waals surface area (Å²) < 4.78 is 3.94. The summed E-state index contributed by atoms with van der Waals surface area (Å²) in [4.78, 5) is 15.3. The first-order valence-electron chi connectivity index (χ1n) is 7.90. The number of aromatic nitrogens is 2. The molecule has 2 aromatic rings. The lowest BCUT2D eigenvalue weighted by Gasteiger charge is -2.18. The summed E-state index contributed by atoms with van der Waals surface area (Å²) in [5.74, 6) is 0.385. The van der Waals surface area contributed by atoms with Crippen LogP contribution in [0.1, 0.15) is 39.7 Å². The quantitative estimate of drug-likeness (QED) is 0.858.